The van der Waals surface area contributed by atoms with Crippen molar-refractivity contribution in [2.45, 2.75) is 13.0 Å². The molecule has 0 saturated carbocycles. The maximum atomic E-state index is 10.8. The molecule has 0 saturated heterocycles. The summed E-state index contributed by atoms with van der Waals surface area (Å²) >= 11 is 0. The van der Waals surface area contributed by atoms with Crippen molar-refractivity contribution in [3.05, 3.63) is 35.9 Å². The Balaban J connectivity index is 2.76. The van der Waals surface area contributed by atoms with Gasteiger partial charge < -0.3 is 0 Å². The van der Waals surface area contributed by atoms with Gasteiger partial charge in [0, 0.05) is 0 Å². The summed E-state index contributed by atoms with van der Waals surface area (Å²) in [6, 6.07) is 9.22. The lowest BCUT2D eigenvalue weighted by Crippen LogP contribution is -2.07. The van der Waals surface area contributed by atoms with Crippen molar-refractivity contribution in [3.63, 3.8) is 0 Å². The van der Waals surface area contributed by atoms with Crippen molar-refractivity contribution in [1.82, 2.24) is 0 Å². The topological polar surface area (TPSA) is 43.4 Å². The van der Waals surface area contributed by atoms with Crippen LogP contribution in [0.1, 0.15) is 18.6 Å². The molecule has 72 valence electrons. The standard InChI is InChI=1S/C9H12O3S/c1-8(12-13(2,10)11)9-6-4-3-5-7-9/h3-8H,1-2H3/t8-/m1/s1. The van der Waals surface area contributed by atoms with Gasteiger partial charge >= 0.3 is 0 Å². The van der Waals surface area contributed by atoms with Crippen LogP contribution in [0.2, 0.25) is 0 Å². The summed E-state index contributed by atoms with van der Waals surface area (Å²) in [6.45, 7) is 1.70. The molecule has 3 nitrogen and oxygen atoms in total. The Kier molecular flexibility index (Phi) is 3.06. The summed E-state index contributed by atoms with van der Waals surface area (Å²) in [5.41, 5.74) is 0.855. The molecule has 0 heterocycles. The molecule has 0 fully saturated rings. The highest BCUT2D eigenvalue weighted by molar-refractivity contribution is 7.86. The van der Waals surface area contributed by atoms with E-state index in [1.54, 1.807) is 6.92 Å². The zero-order chi connectivity index (χ0) is 9.90. The van der Waals surface area contributed by atoms with Gasteiger partial charge in [0.25, 0.3) is 10.1 Å². The van der Waals surface area contributed by atoms with Crippen molar-refractivity contribution < 1.29 is 12.6 Å². The number of hydrogen-bond acceptors (Lipinski definition) is 3. The molecule has 0 spiro atoms. The minimum Gasteiger partial charge on any atom is -0.262 e. The third kappa shape index (κ3) is 3.57. The third-order valence-electron chi connectivity index (χ3n) is 1.59. The molecule has 0 N–H and O–H groups in total. The minimum absolute atomic E-state index is 0.420. The van der Waals surface area contributed by atoms with Gasteiger partial charge in [-0.1, -0.05) is 30.3 Å². The predicted molar refractivity (Wildman–Crippen MR) is 50.8 cm³/mol. The van der Waals surface area contributed by atoms with Crippen LogP contribution in [0.5, 0.6) is 0 Å². The van der Waals surface area contributed by atoms with Crippen molar-refractivity contribution in [2.75, 3.05) is 6.26 Å². The molecular weight excluding hydrogens is 188 g/mol. The molecule has 0 aliphatic heterocycles. The highest BCUT2D eigenvalue weighted by atomic mass is 32.2. The van der Waals surface area contributed by atoms with E-state index in [9.17, 15) is 8.42 Å². The van der Waals surface area contributed by atoms with E-state index in [0.717, 1.165) is 11.8 Å². The van der Waals surface area contributed by atoms with Crippen LogP contribution in [-0.2, 0) is 14.3 Å². The first-order valence-electron chi connectivity index (χ1n) is 3.92. The first-order valence-corrected chi connectivity index (χ1v) is 5.74. The van der Waals surface area contributed by atoms with Crippen LogP contribution in [0.25, 0.3) is 0 Å². The fourth-order valence-electron chi connectivity index (χ4n) is 1.04. The van der Waals surface area contributed by atoms with Gasteiger partial charge in [-0.3, -0.25) is 4.18 Å². The molecule has 13 heavy (non-hydrogen) atoms. The Morgan fingerprint density at radius 2 is 1.77 bits per heavy atom. The van der Waals surface area contributed by atoms with Crippen molar-refractivity contribution in [3.8, 4) is 0 Å². The normalized spacial score (nSPS) is 14.0. The summed E-state index contributed by atoms with van der Waals surface area (Å²) in [6.07, 6.45) is 0.628. The highest BCUT2D eigenvalue weighted by Gasteiger charge is 2.11. The van der Waals surface area contributed by atoms with Crippen LogP contribution < -0.4 is 0 Å². The quantitative estimate of drug-likeness (QED) is 0.698. The lowest BCUT2D eigenvalue weighted by atomic mass is 10.1. The SMILES string of the molecule is C[C@@H](OS(C)(=O)=O)c1ccccc1. The summed E-state index contributed by atoms with van der Waals surface area (Å²) < 4.78 is 26.4. The van der Waals surface area contributed by atoms with E-state index in [2.05, 4.69) is 0 Å². The first-order chi connectivity index (χ1) is 5.99. The van der Waals surface area contributed by atoms with Gasteiger partial charge in [-0.2, -0.15) is 8.42 Å². The monoisotopic (exact) mass is 200 g/mol. The second kappa shape index (κ2) is 3.89. The highest BCUT2D eigenvalue weighted by Crippen LogP contribution is 2.17. The summed E-state index contributed by atoms with van der Waals surface area (Å²) in [5.74, 6) is 0. The molecule has 4 heteroatoms. The summed E-state index contributed by atoms with van der Waals surface area (Å²) in [7, 11) is -3.37. The molecule has 1 rings (SSSR count). The van der Waals surface area contributed by atoms with Gasteiger partial charge in [-0.25, -0.2) is 0 Å². The Hall–Kier alpha value is -0.870. The smallest absolute Gasteiger partial charge is 0.262 e. The average Bonchev–Trinajstić information content (AvgIpc) is 2.03. The lowest BCUT2D eigenvalue weighted by Gasteiger charge is -2.10. The van der Waals surface area contributed by atoms with Crippen molar-refractivity contribution in [1.29, 1.82) is 0 Å². The lowest BCUT2D eigenvalue weighted by molar-refractivity contribution is 0.237. The van der Waals surface area contributed by atoms with E-state index in [4.69, 9.17) is 4.18 Å². The van der Waals surface area contributed by atoms with Crippen LogP contribution in [0.4, 0.5) is 0 Å². The van der Waals surface area contributed by atoms with Crippen LogP contribution in [0, 0.1) is 0 Å². The van der Waals surface area contributed by atoms with E-state index < -0.39 is 16.2 Å². The Morgan fingerprint density at radius 3 is 2.23 bits per heavy atom. The van der Waals surface area contributed by atoms with Gasteiger partial charge in [0.2, 0.25) is 0 Å². The van der Waals surface area contributed by atoms with Gasteiger partial charge in [-0.15, -0.1) is 0 Å². The molecule has 1 atom stereocenters. The summed E-state index contributed by atoms with van der Waals surface area (Å²) in [4.78, 5) is 0. The van der Waals surface area contributed by atoms with Crippen LogP contribution in [-0.4, -0.2) is 14.7 Å². The zero-order valence-corrected chi connectivity index (χ0v) is 8.41. The molecule has 0 unspecified atom stereocenters. The molecule has 1 aromatic carbocycles. The Labute approximate surface area is 78.5 Å². The fraction of sp³-hybridized carbons (Fsp3) is 0.333. The Morgan fingerprint density at radius 1 is 1.23 bits per heavy atom. The zero-order valence-electron chi connectivity index (χ0n) is 7.60. The van der Waals surface area contributed by atoms with Crippen molar-refractivity contribution >= 4 is 10.1 Å². The molecule has 0 aliphatic rings. The molecule has 1 aromatic rings. The second-order valence-corrected chi connectivity index (χ2v) is 4.45. The maximum Gasteiger partial charge on any atom is 0.264 e. The molecule has 0 bridgehead atoms. The van der Waals surface area contributed by atoms with Crippen LogP contribution in [0.15, 0.2) is 30.3 Å². The van der Waals surface area contributed by atoms with Gasteiger partial charge in [-0.05, 0) is 12.5 Å². The largest absolute Gasteiger partial charge is 0.264 e. The third-order valence-corrected chi connectivity index (χ3v) is 2.23. The van der Waals surface area contributed by atoms with Crippen molar-refractivity contribution in [2.24, 2.45) is 0 Å². The van der Waals surface area contributed by atoms with E-state index in [1.807, 2.05) is 30.3 Å². The van der Waals surface area contributed by atoms with Gasteiger partial charge in [0.05, 0.1) is 12.4 Å². The predicted octanol–water partition coefficient (Wildman–Crippen LogP) is 1.72. The first kappa shape index (κ1) is 10.2. The molecule has 0 aliphatic carbocycles. The van der Waals surface area contributed by atoms with E-state index in [-0.39, 0.29) is 0 Å². The fourth-order valence-corrected chi connectivity index (χ4v) is 1.68. The average molecular weight is 200 g/mol. The molecule has 0 radical (unpaired) electrons. The number of rotatable bonds is 3. The van der Waals surface area contributed by atoms with Crippen LogP contribution in [0.3, 0.4) is 0 Å². The minimum atomic E-state index is -3.37. The summed E-state index contributed by atoms with van der Waals surface area (Å²) in [5, 5.41) is 0. The van der Waals surface area contributed by atoms with Gasteiger partial charge in [0.15, 0.2) is 0 Å². The Bertz CT molecular complexity index is 356. The van der Waals surface area contributed by atoms with E-state index in [0.29, 0.717) is 0 Å². The van der Waals surface area contributed by atoms with Gasteiger partial charge in [0.1, 0.15) is 0 Å². The van der Waals surface area contributed by atoms with E-state index in [1.165, 1.54) is 0 Å². The van der Waals surface area contributed by atoms with E-state index >= 15 is 0 Å². The molecule has 0 aromatic heterocycles. The number of hydrogen-bond donors (Lipinski definition) is 0. The molecule has 0 amide bonds. The molecular formula is C9H12O3S. The second-order valence-electron chi connectivity index (χ2n) is 2.85. The maximum absolute atomic E-state index is 10.8. The number of benzene rings is 1. The van der Waals surface area contributed by atoms with Crippen LogP contribution >= 0.6 is 0 Å².